The molecule has 0 saturated heterocycles. The van der Waals surface area contributed by atoms with Gasteiger partial charge in [0.15, 0.2) is 0 Å². The summed E-state index contributed by atoms with van der Waals surface area (Å²) >= 11 is 0. The van der Waals surface area contributed by atoms with Crippen molar-refractivity contribution in [3.05, 3.63) is 24.3 Å². The van der Waals surface area contributed by atoms with E-state index in [1.165, 1.54) is 315 Å². The molecule has 0 heterocycles. The Bertz CT molecular complexity index is 1190. The molecular weight excluding hydrogens is 935 g/mol. The van der Waals surface area contributed by atoms with Gasteiger partial charge in [-0.2, -0.15) is 0 Å². The second kappa shape index (κ2) is 65.9. The van der Waals surface area contributed by atoms with Crippen molar-refractivity contribution in [1.82, 2.24) is 5.32 Å². The van der Waals surface area contributed by atoms with E-state index in [1.54, 1.807) is 6.08 Å². The van der Waals surface area contributed by atoms with Gasteiger partial charge >= 0.3 is 5.97 Å². The minimum atomic E-state index is -0.851. The summed E-state index contributed by atoms with van der Waals surface area (Å²) < 4.78 is 5.50. The maximum Gasteiger partial charge on any atom is 0.305 e. The predicted molar refractivity (Wildman–Crippen MR) is 333 cm³/mol. The largest absolute Gasteiger partial charge is 0.466 e. The van der Waals surface area contributed by atoms with Crippen LogP contribution in [0.3, 0.4) is 0 Å². The zero-order chi connectivity index (χ0) is 55.0. The lowest BCUT2D eigenvalue weighted by Gasteiger charge is -2.20. The third-order valence-electron chi connectivity index (χ3n) is 16.2. The number of hydrogen-bond acceptors (Lipinski definition) is 5. The molecule has 0 aliphatic carbocycles. The number of ether oxygens (including phenoxy) is 1. The highest BCUT2D eigenvalue weighted by atomic mass is 16.5. The van der Waals surface area contributed by atoms with Crippen LogP contribution in [-0.4, -0.2) is 47.4 Å². The van der Waals surface area contributed by atoms with Gasteiger partial charge in [-0.1, -0.05) is 340 Å². The van der Waals surface area contributed by atoms with Crippen molar-refractivity contribution in [3.63, 3.8) is 0 Å². The number of nitrogens with one attached hydrogen (secondary N) is 1. The van der Waals surface area contributed by atoms with Crippen molar-refractivity contribution >= 4 is 11.9 Å². The number of esters is 1. The van der Waals surface area contributed by atoms with Crippen molar-refractivity contribution in [1.29, 1.82) is 0 Å². The van der Waals surface area contributed by atoms with E-state index in [-0.39, 0.29) is 18.5 Å². The molecule has 2 atom stereocenters. The number of carbonyl (C=O) groups excluding carboxylic acids is 2. The molecule has 0 saturated carbocycles. The minimum Gasteiger partial charge on any atom is -0.466 e. The lowest BCUT2D eigenvalue weighted by atomic mass is 10.0. The molecule has 0 aromatic carbocycles. The summed E-state index contributed by atoms with van der Waals surface area (Å²) in [5.74, 6) is -0.0700. The molecule has 0 aromatic rings. The second-order valence-electron chi connectivity index (χ2n) is 23.9. The SMILES string of the molecule is CCCCCCCCC/C=C\CCCCCCCCCC(=O)OCCCCCCCCCCCCCCCCCCC(=O)NC(CO)C(O)/C=C/CCCCCCCCCCCCCCCCCCCCCCCCC. The standard InChI is InChI=1S/C70H135NO5/c1-3-5-7-9-11-13-15-17-19-21-23-24-25-26-27-28-29-30-34-38-42-46-50-54-58-62-68(73)67(66-72)71-69(74)63-59-55-51-47-43-39-35-32-33-37-41-45-49-53-57-61-65-76-70(75)64-60-56-52-48-44-40-36-31-22-20-18-16-14-12-10-8-6-4-2/h20,22,58,62,67-68,72-73H,3-19,21,23-57,59-61,63-66H2,1-2H3,(H,71,74)/b22-20-,62-58+. The smallest absolute Gasteiger partial charge is 0.305 e. The molecule has 2 unspecified atom stereocenters. The Morgan fingerprint density at radius 2 is 0.618 bits per heavy atom. The Kier molecular flexibility index (Phi) is 64.4. The van der Waals surface area contributed by atoms with E-state index < -0.39 is 12.1 Å². The molecule has 0 aromatic heterocycles. The lowest BCUT2D eigenvalue weighted by molar-refractivity contribution is -0.143. The molecule has 450 valence electrons. The molecule has 76 heavy (non-hydrogen) atoms. The second-order valence-corrected chi connectivity index (χ2v) is 23.9. The first-order valence-corrected chi connectivity index (χ1v) is 34.6. The van der Waals surface area contributed by atoms with Crippen molar-refractivity contribution in [2.75, 3.05) is 13.2 Å². The quantitative estimate of drug-likeness (QED) is 0.0320. The van der Waals surface area contributed by atoms with Crippen LogP contribution in [-0.2, 0) is 14.3 Å². The summed E-state index contributed by atoms with van der Waals surface area (Å²) in [6.07, 6.45) is 82.4. The number of carbonyl (C=O) groups is 2. The summed E-state index contributed by atoms with van der Waals surface area (Å²) in [6.45, 7) is 4.92. The number of amides is 1. The third kappa shape index (κ3) is 61.6. The minimum absolute atomic E-state index is 0.000418. The average Bonchev–Trinajstić information content (AvgIpc) is 3.42. The zero-order valence-corrected chi connectivity index (χ0v) is 51.5. The van der Waals surface area contributed by atoms with E-state index in [9.17, 15) is 19.8 Å². The first-order chi connectivity index (χ1) is 37.5. The van der Waals surface area contributed by atoms with Crippen LogP contribution in [0, 0.1) is 0 Å². The molecule has 0 spiro atoms. The van der Waals surface area contributed by atoms with Crippen LogP contribution >= 0.6 is 0 Å². The Morgan fingerprint density at radius 3 is 0.934 bits per heavy atom. The number of allylic oxidation sites excluding steroid dienone is 3. The summed E-state index contributed by atoms with van der Waals surface area (Å²) in [5.41, 5.74) is 0. The van der Waals surface area contributed by atoms with Crippen molar-refractivity contribution in [2.45, 2.75) is 398 Å². The fraction of sp³-hybridized carbons (Fsp3) is 0.914. The van der Waals surface area contributed by atoms with E-state index in [2.05, 4.69) is 31.3 Å². The third-order valence-corrected chi connectivity index (χ3v) is 16.2. The number of hydrogen-bond donors (Lipinski definition) is 3. The summed E-state index contributed by atoms with van der Waals surface area (Å²) in [6, 6.07) is -0.635. The monoisotopic (exact) mass is 1070 g/mol. The first-order valence-electron chi connectivity index (χ1n) is 34.6. The molecule has 3 N–H and O–H groups in total. The van der Waals surface area contributed by atoms with Crippen LogP contribution in [0.2, 0.25) is 0 Å². The molecule has 1 amide bonds. The maximum absolute atomic E-state index is 12.5. The van der Waals surface area contributed by atoms with Gasteiger partial charge in [-0.15, -0.1) is 0 Å². The van der Waals surface area contributed by atoms with E-state index in [1.807, 2.05) is 6.08 Å². The number of rotatable bonds is 65. The number of aliphatic hydroxyl groups is 2. The Morgan fingerprint density at radius 1 is 0.355 bits per heavy atom. The van der Waals surface area contributed by atoms with Crippen molar-refractivity contribution in [2.24, 2.45) is 0 Å². The van der Waals surface area contributed by atoms with Gasteiger partial charge < -0.3 is 20.3 Å². The van der Waals surface area contributed by atoms with Gasteiger partial charge in [0.05, 0.1) is 25.4 Å². The Balaban J connectivity index is 3.44. The van der Waals surface area contributed by atoms with Gasteiger partial charge in [0, 0.05) is 12.8 Å². The molecule has 0 aliphatic heterocycles. The van der Waals surface area contributed by atoms with Crippen molar-refractivity contribution < 1.29 is 24.5 Å². The molecule has 0 fully saturated rings. The lowest BCUT2D eigenvalue weighted by Crippen LogP contribution is -2.45. The zero-order valence-electron chi connectivity index (χ0n) is 51.5. The van der Waals surface area contributed by atoms with E-state index in [0.717, 1.165) is 44.9 Å². The van der Waals surface area contributed by atoms with E-state index in [4.69, 9.17) is 4.74 Å². The predicted octanol–water partition coefficient (Wildman–Crippen LogP) is 22.1. The average molecular weight is 1070 g/mol. The van der Waals surface area contributed by atoms with Crippen LogP contribution in [0.1, 0.15) is 386 Å². The highest BCUT2D eigenvalue weighted by molar-refractivity contribution is 5.76. The van der Waals surface area contributed by atoms with E-state index in [0.29, 0.717) is 19.4 Å². The van der Waals surface area contributed by atoms with Gasteiger partial charge in [-0.05, 0) is 57.8 Å². The highest BCUT2D eigenvalue weighted by Gasteiger charge is 2.18. The molecule has 0 rings (SSSR count). The van der Waals surface area contributed by atoms with Crippen molar-refractivity contribution in [3.8, 4) is 0 Å². The summed E-state index contributed by atoms with van der Waals surface area (Å²) in [5, 5.41) is 23.3. The van der Waals surface area contributed by atoms with Crippen LogP contribution in [0.4, 0.5) is 0 Å². The van der Waals surface area contributed by atoms with E-state index >= 15 is 0 Å². The van der Waals surface area contributed by atoms with Gasteiger partial charge in [0.25, 0.3) is 0 Å². The fourth-order valence-electron chi connectivity index (χ4n) is 10.9. The van der Waals surface area contributed by atoms with Crippen LogP contribution in [0.25, 0.3) is 0 Å². The van der Waals surface area contributed by atoms with Gasteiger partial charge in [-0.25, -0.2) is 0 Å². The van der Waals surface area contributed by atoms with Crippen LogP contribution in [0.15, 0.2) is 24.3 Å². The number of unbranched alkanes of at least 4 members (excludes halogenated alkanes) is 52. The van der Waals surface area contributed by atoms with Gasteiger partial charge in [0.1, 0.15) is 0 Å². The maximum atomic E-state index is 12.5. The number of aliphatic hydroxyl groups excluding tert-OH is 2. The molecule has 0 radical (unpaired) electrons. The summed E-state index contributed by atoms with van der Waals surface area (Å²) in [7, 11) is 0. The molecule has 0 bridgehead atoms. The Labute approximate surface area is 475 Å². The molecule has 0 aliphatic rings. The summed E-state index contributed by atoms with van der Waals surface area (Å²) in [4.78, 5) is 24.6. The van der Waals surface area contributed by atoms with Gasteiger partial charge in [0.2, 0.25) is 5.91 Å². The molecule has 6 nitrogen and oxygen atoms in total. The Hall–Kier alpha value is -1.66. The molecular formula is C70H135NO5. The topological polar surface area (TPSA) is 95.9 Å². The first kappa shape index (κ1) is 74.3. The van der Waals surface area contributed by atoms with Crippen LogP contribution < -0.4 is 5.32 Å². The molecule has 6 heteroatoms. The normalized spacial score (nSPS) is 12.6. The van der Waals surface area contributed by atoms with Crippen LogP contribution in [0.5, 0.6) is 0 Å². The highest BCUT2D eigenvalue weighted by Crippen LogP contribution is 2.18. The fourth-order valence-corrected chi connectivity index (χ4v) is 10.9. The van der Waals surface area contributed by atoms with Gasteiger partial charge in [-0.3, -0.25) is 9.59 Å².